The van der Waals surface area contributed by atoms with E-state index in [2.05, 4.69) is 0 Å². The maximum Gasteiger partial charge on any atom is 2.00 e. The van der Waals surface area contributed by atoms with Crippen molar-refractivity contribution in [2.45, 2.75) is 51.0 Å². The van der Waals surface area contributed by atoms with E-state index < -0.39 is 5.60 Å². The van der Waals surface area contributed by atoms with Crippen molar-refractivity contribution in [2.24, 2.45) is 0 Å². The second-order valence-electron chi connectivity index (χ2n) is 3.36. The fourth-order valence-corrected chi connectivity index (χ4v) is 1.48. The predicted molar refractivity (Wildman–Crippen MR) is 41.9 cm³/mol. The molecule has 1 aliphatic rings. The van der Waals surface area contributed by atoms with Crippen LogP contribution < -0.4 is 9.81 Å². The molecule has 0 N–H and O–H groups in total. The molecule has 0 amide bonds. The van der Waals surface area contributed by atoms with Crippen molar-refractivity contribution in [3.05, 3.63) is 0 Å². The van der Waals surface area contributed by atoms with Crippen molar-refractivity contribution in [2.75, 3.05) is 0 Å². The smallest absolute Gasteiger partial charge is 1.00 e. The second kappa shape index (κ2) is 6.20. The zero-order valence-electron chi connectivity index (χ0n) is 7.24. The van der Waals surface area contributed by atoms with Gasteiger partial charge in [-0.15, -0.1) is 5.60 Å². The van der Waals surface area contributed by atoms with E-state index in [1.165, 1.54) is 12.8 Å². The van der Waals surface area contributed by atoms with E-state index >= 15 is 0 Å². The summed E-state index contributed by atoms with van der Waals surface area (Å²) >= 11 is 0. The first-order valence-corrected chi connectivity index (χ1v) is 3.91. The molecule has 0 heterocycles. The molecule has 0 aromatic carbocycles. The van der Waals surface area contributed by atoms with Crippen LogP contribution in [0.25, 0.3) is 0 Å². The van der Waals surface area contributed by atoms with Gasteiger partial charge in [0.05, 0.1) is 0 Å². The third kappa shape index (κ3) is 5.88. The fourth-order valence-electron chi connectivity index (χ4n) is 1.48. The van der Waals surface area contributed by atoms with Crippen molar-refractivity contribution >= 4 is 23.1 Å². The van der Waals surface area contributed by atoms with Crippen molar-refractivity contribution in [3.8, 4) is 0 Å². The van der Waals surface area contributed by atoms with Crippen molar-refractivity contribution in [1.82, 2.24) is 0 Å². The summed E-state index contributed by atoms with van der Waals surface area (Å²) in [5.41, 5.74) is -0.587. The average molecular weight is 171 g/mol. The van der Waals surface area contributed by atoms with Gasteiger partial charge < -0.3 is 9.81 Å². The minimum Gasteiger partial charge on any atom is -1.00 e. The Hall–Kier alpha value is 0.656. The molecule has 0 saturated heterocycles. The van der Waals surface area contributed by atoms with Crippen LogP contribution in [0.15, 0.2) is 0 Å². The first-order chi connectivity index (χ1) is 4.21. The number of hydrogen-bond donors (Lipinski definition) is 0. The Morgan fingerprint density at radius 2 is 1.36 bits per heavy atom. The monoisotopic (exact) mass is 170 g/mol. The summed E-state index contributed by atoms with van der Waals surface area (Å²) < 4.78 is 0. The van der Waals surface area contributed by atoms with Crippen LogP contribution in [-0.4, -0.2) is 28.7 Å². The van der Waals surface area contributed by atoms with Gasteiger partial charge in [-0.05, 0) is 0 Å². The van der Waals surface area contributed by atoms with Gasteiger partial charge in [-0.1, -0.05) is 45.4 Å². The van der Waals surface area contributed by atoms with Crippen molar-refractivity contribution < 1.29 is 9.81 Å². The fraction of sp³-hybridized carbons (Fsp3) is 1.00. The Labute approximate surface area is 84.1 Å². The summed E-state index contributed by atoms with van der Waals surface area (Å²) in [5.74, 6) is 0. The first kappa shape index (κ1) is 14.2. The van der Waals surface area contributed by atoms with Crippen LogP contribution in [0.3, 0.4) is 0 Å². The van der Waals surface area contributed by atoms with E-state index in [4.69, 9.17) is 0 Å². The molecule has 1 saturated carbocycles. The van der Waals surface area contributed by atoms with Crippen molar-refractivity contribution in [1.29, 1.82) is 0 Å². The number of hydrogen-bond acceptors (Lipinski definition) is 1. The maximum absolute atomic E-state index is 11.3. The Kier molecular flexibility index (Phi) is 8.01. The van der Waals surface area contributed by atoms with Crippen LogP contribution in [0.5, 0.6) is 0 Å². The molecule has 1 nitrogen and oxygen atoms in total. The normalized spacial score (nSPS) is 22.4. The van der Waals surface area contributed by atoms with Crippen LogP contribution in [0.1, 0.15) is 45.4 Å². The molecule has 0 radical (unpaired) electrons. The van der Waals surface area contributed by atoms with Gasteiger partial charge in [0.1, 0.15) is 0 Å². The standard InChI is InChI=1S/C8H15O.FH.Mg/c1-8(9)6-4-2-3-5-7-8;;/h2-7H2,1H3;1H;/q-1;;+2/p-1. The Morgan fingerprint density at radius 1 is 1.00 bits per heavy atom. The van der Waals surface area contributed by atoms with E-state index in [9.17, 15) is 5.11 Å². The van der Waals surface area contributed by atoms with Gasteiger partial charge in [-0.3, -0.25) is 0 Å². The Morgan fingerprint density at radius 3 is 1.73 bits per heavy atom. The van der Waals surface area contributed by atoms with Crippen LogP contribution >= 0.6 is 0 Å². The molecule has 11 heavy (non-hydrogen) atoms. The van der Waals surface area contributed by atoms with Gasteiger partial charge in [0, 0.05) is 0 Å². The van der Waals surface area contributed by atoms with E-state index in [-0.39, 0.29) is 27.8 Å². The SMILES string of the molecule is CC1([O-])CCCCCC1.[F-].[Mg+2]. The summed E-state index contributed by atoms with van der Waals surface area (Å²) in [6.07, 6.45) is 6.65. The van der Waals surface area contributed by atoms with E-state index in [1.807, 2.05) is 6.92 Å². The van der Waals surface area contributed by atoms with Gasteiger partial charge in [0.15, 0.2) is 0 Å². The third-order valence-corrected chi connectivity index (χ3v) is 2.16. The van der Waals surface area contributed by atoms with Gasteiger partial charge in [-0.25, -0.2) is 0 Å². The zero-order valence-corrected chi connectivity index (χ0v) is 8.65. The topological polar surface area (TPSA) is 23.1 Å². The quantitative estimate of drug-likeness (QED) is 0.307. The number of halogens is 1. The second-order valence-corrected chi connectivity index (χ2v) is 3.36. The Balaban J connectivity index is 0. The van der Waals surface area contributed by atoms with E-state index in [1.54, 1.807) is 0 Å². The molecule has 0 aromatic rings. The molecule has 0 spiro atoms. The van der Waals surface area contributed by atoms with E-state index in [0.717, 1.165) is 25.7 Å². The van der Waals surface area contributed by atoms with Crippen LogP contribution in [0.4, 0.5) is 0 Å². The van der Waals surface area contributed by atoms with E-state index in [0.29, 0.717) is 0 Å². The molecule has 0 bridgehead atoms. The molecular weight excluding hydrogens is 155 g/mol. The summed E-state index contributed by atoms with van der Waals surface area (Å²) in [6.45, 7) is 1.85. The third-order valence-electron chi connectivity index (χ3n) is 2.16. The van der Waals surface area contributed by atoms with Gasteiger partial charge in [-0.2, -0.15) is 0 Å². The molecule has 1 rings (SSSR count). The van der Waals surface area contributed by atoms with Gasteiger partial charge in [0.2, 0.25) is 0 Å². The predicted octanol–water partition coefficient (Wildman–Crippen LogP) is -1.92. The minimum absolute atomic E-state index is 0. The first-order valence-electron chi connectivity index (χ1n) is 3.91. The minimum atomic E-state index is -0.587. The van der Waals surface area contributed by atoms with Crippen LogP contribution in [0, 0.1) is 0 Å². The van der Waals surface area contributed by atoms with Crippen LogP contribution in [-0.2, 0) is 0 Å². The molecule has 62 valence electrons. The molecule has 3 heteroatoms. The number of rotatable bonds is 0. The molecular formula is C8H15FMgO. The van der Waals surface area contributed by atoms with Crippen LogP contribution in [0.2, 0.25) is 0 Å². The largest absolute Gasteiger partial charge is 2.00 e. The molecule has 0 unspecified atom stereocenters. The molecule has 0 aliphatic heterocycles. The maximum atomic E-state index is 11.3. The average Bonchev–Trinajstić information content (AvgIpc) is 1.92. The molecule has 1 aliphatic carbocycles. The molecule has 1 fully saturated rings. The molecule has 0 atom stereocenters. The summed E-state index contributed by atoms with van der Waals surface area (Å²) in [4.78, 5) is 0. The van der Waals surface area contributed by atoms with Gasteiger partial charge >= 0.3 is 23.1 Å². The van der Waals surface area contributed by atoms with Gasteiger partial charge in [0.25, 0.3) is 0 Å². The van der Waals surface area contributed by atoms with Crippen molar-refractivity contribution in [3.63, 3.8) is 0 Å². The zero-order chi connectivity index (χ0) is 6.74. The summed E-state index contributed by atoms with van der Waals surface area (Å²) in [6, 6.07) is 0. The Bertz CT molecular complexity index is 86.1. The molecule has 0 aromatic heterocycles. The summed E-state index contributed by atoms with van der Waals surface area (Å²) in [5, 5.41) is 11.3. The summed E-state index contributed by atoms with van der Waals surface area (Å²) in [7, 11) is 0.